The molecule has 2 rings (SSSR count). The van der Waals surface area contributed by atoms with Crippen molar-refractivity contribution in [3.05, 3.63) is 23.8 Å². The lowest BCUT2D eigenvalue weighted by atomic mass is 9.80. The van der Waals surface area contributed by atoms with Crippen molar-refractivity contribution in [3.63, 3.8) is 0 Å². The minimum atomic E-state index is -5.22. The Kier molecular flexibility index (Phi) is 1.99. The number of hydrogen-bond acceptors (Lipinski definition) is 2. The van der Waals surface area contributed by atoms with Crippen molar-refractivity contribution in [3.8, 4) is 0 Å². The third kappa shape index (κ3) is 1.69. The van der Waals surface area contributed by atoms with Crippen molar-refractivity contribution in [2.75, 3.05) is 0 Å². The van der Waals surface area contributed by atoms with E-state index in [1.54, 1.807) is 0 Å². The highest BCUT2D eigenvalue weighted by atomic mass is 19.4. The zero-order valence-corrected chi connectivity index (χ0v) is 7.60. The van der Waals surface area contributed by atoms with Crippen LogP contribution in [0.4, 0.5) is 17.3 Å². The molecule has 15 heavy (non-hydrogen) atoms. The molecular weight excluding hydrogens is 213 g/mol. The van der Waals surface area contributed by atoms with Gasteiger partial charge in [0.2, 0.25) is 0 Å². The lowest BCUT2D eigenvalue weighted by Gasteiger charge is -2.13. The van der Waals surface area contributed by atoms with E-state index in [0.29, 0.717) is 6.07 Å². The largest absolute Gasteiger partial charge is 0.509 e. The van der Waals surface area contributed by atoms with E-state index in [9.17, 15) is 17.3 Å². The van der Waals surface area contributed by atoms with Crippen LogP contribution in [-0.2, 0) is 0 Å². The highest BCUT2D eigenvalue weighted by Gasteiger charge is 2.27. The molecule has 0 aliphatic heterocycles. The molecule has 0 aliphatic rings. The fourth-order valence-corrected chi connectivity index (χ4v) is 1.31. The summed E-state index contributed by atoms with van der Waals surface area (Å²) in [5, 5.41) is 0. The molecule has 0 atom stereocenters. The molecule has 1 aromatic heterocycles. The molecule has 2 aromatic rings. The Hall–Kier alpha value is -1.53. The maximum Gasteiger partial charge on any atom is 0.509 e. The van der Waals surface area contributed by atoms with E-state index in [1.165, 1.54) is 6.92 Å². The molecule has 0 unspecified atom stereocenters. The number of rotatable bonds is 1. The number of halogens is 4. The van der Waals surface area contributed by atoms with Gasteiger partial charge in [0, 0.05) is 6.92 Å². The predicted molar refractivity (Wildman–Crippen MR) is 47.4 cm³/mol. The second kappa shape index (κ2) is 2.98. The van der Waals surface area contributed by atoms with Crippen LogP contribution in [0.25, 0.3) is 11.1 Å². The van der Waals surface area contributed by atoms with Crippen LogP contribution < -0.4 is 5.46 Å². The monoisotopic (exact) mass is 218 g/mol. The number of benzene rings is 1. The Morgan fingerprint density at radius 3 is 2.53 bits per heavy atom. The van der Waals surface area contributed by atoms with Gasteiger partial charge in [-0.1, -0.05) is 6.07 Å². The first-order valence-corrected chi connectivity index (χ1v) is 4.14. The van der Waals surface area contributed by atoms with E-state index in [2.05, 4.69) is 4.98 Å². The maximum atomic E-state index is 13.2. The lowest BCUT2D eigenvalue weighted by Crippen LogP contribution is -2.34. The van der Waals surface area contributed by atoms with Crippen LogP contribution in [0.1, 0.15) is 5.89 Å². The summed E-state index contributed by atoms with van der Waals surface area (Å²) in [5.74, 6) is -0.880. The van der Waals surface area contributed by atoms with Crippen molar-refractivity contribution in [2.45, 2.75) is 6.92 Å². The van der Waals surface area contributed by atoms with E-state index in [-0.39, 0.29) is 17.0 Å². The molecule has 80 valence electrons. The standard InChI is InChI=1S/C8H5BF4NO/c1-4-14-8-6(10)2-5(9(11,12)13)3-7(8)15-4/h2-3H,1H3/q-1. The molecule has 0 saturated carbocycles. The third-order valence-corrected chi connectivity index (χ3v) is 1.96. The summed E-state index contributed by atoms with van der Waals surface area (Å²) in [6, 6.07) is 1.20. The molecule has 0 amide bonds. The van der Waals surface area contributed by atoms with Crippen molar-refractivity contribution >= 4 is 23.5 Å². The van der Waals surface area contributed by atoms with Crippen molar-refractivity contribution in [1.29, 1.82) is 0 Å². The highest BCUT2D eigenvalue weighted by molar-refractivity contribution is 6.73. The molecule has 7 heteroatoms. The molecule has 1 aromatic carbocycles. The van der Waals surface area contributed by atoms with Gasteiger partial charge < -0.3 is 17.4 Å². The lowest BCUT2D eigenvalue weighted by molar-refractivity contribution is 0.499. The number of aromatic nitrogens is 1. The number of aryl methyl sites for hydroxylation is 1. The highest BCUT2D eigenvalue weighted by Crippen LogP contribution is 2.20. The Morgan fingerprint density at radius 2 is 1.93 bits per heavy atom. The molecule has 0 bridgehead atoms. The fraction of sp³-hybridized carbons (Fsp3) is 0.125. The number of hydrogen-bond donors (Lipinski definition) is 0. The summed E-state index contributed by atoms with van der Waals surface area (Å²) in [6.45, 7) is -3.78. The second-order valence-corrected chi connectivity index (χ2v) is 3.16. The van der Waals surface area contributed by atoms with Gasteiger partial charge >= 0.3 is 6.98 Å². The molecular formula is C8H5BF4NO-. The molecule has 0 radical (unpaired) electrons. The summed E-state index contributed by atoms with van der Waals surface area (Å²) in [7, 11) is 0. The normalized spacial score (nSPS) is 12.3. The number of nitrogens with zero attached hydrogens (tertiary/aromatic N) is 1. The topological polar surface area (TPSA) is 26.0 Å². The zero-order chi connectivity index (χ0) is 11.2. The molecule has 0 aliphatic carbocycles. The molecule has 2 nitrogen and oxygen atoms in total. The van der Waals surface area contributed by atoms with Gasteiger partial charge in [-0.25, -0.2) is 9.37 Å². The summed E-state index contributed by atoms with van der Waals surface area (Å²) in [5.41, 5.74) is -1.37. The fourth-order valence-electron chi connectivity index (χ4n) is 1.31. The maximum absolute atomic E-state index is 13.2. The Bertz CT molecular complexity index is 519. The minimum absolute atomic E-state index is 0.135. The van der Waals surface area contributed by atoms with Gasteiger partial charge in [-0.3, -0.25) is 0 Å². The van der Waals surface area contributed by atoms with Crippen molar-refractivity contribution < 1.29 is 21.8 Å². The average molecular weight is 218 g/mol. The van der Waals surface area contributed by atoms with E-state index in [1.807, 2.05) is 0 Å². The number of oxazole rings is 1. The van der Waals surface area contributed by atoms with Crippen LogP contribution in [0, 0.1) is 12.7 Å². The first-order chi connectivity index (χ1) is 6.88. The van der Waals surface area contributed by atoms with Crippen molar-refractivity contribution in [2.24, 2.45) is 0 Å². The second-order valence-electron chi connectivity index (χ2n) is 3.16. The smallest absolute Gasteiger partial charge is 0.445 e. The van der Waals surface area contributed by atoms with Crippen LogP contribution in [-0.4, -0.2) is 12.0 Å². The van der Waals surface area contributed by atoms with Gasteiger partial charge in [-0.15, -0.1) is 5.46 Å². The molecule has 0 spiro atoms. The van der Waals surface area contributed by atoms with E-state index in [4.69, 9.17) is 4.42 Å². The molecule has 0 N–H and O–H groups in total. The van der Waals surface area contributed by atoms with Crippen LogP contribution >= 0.6 is 0 Å². The van der Waals surface area contributed by atoms with Gasteiger partial charge in [-0.05, 0) is 6.07 Å². The van der Waals surface area contributed by atoms with Crippen molar-refractivity contribution in [1.82, 2.24) is 4.98 Å². The van der Waals surface area contributed by atoms with Crippen LogP contribution in [0.3, 0.4) is 0 Å². The quantitative estimate of drug-likeness (QED) is 0.542. The molecule has 0 saturated heterocycles. The first-order valence-electron chi connectivity index (χ1n) is 4.14. The third-order valence-electron chi connectivity index (χ3n) is 1.96. The summed E-state index contributed by atoms with van der Waals surface area (Å²) in [6.07, 6.45) is 0. The van der Waals surface area contributed by atoms with E-state index < -0.39 is 18.3 Å². The molecule has 1 heterocycles. The van der Waals surface area contributed by atoms with Gasteiger partial charge in [0.1, 0.15) is 11.3 Å². The molecule has 0 fully saturated rings. The van der Waals surface area contributed by atoms with E-state index >= 15 is 0 Å². The van der Waals surface area contributed by atoms with Crippen LogP contribution in [0.2, 0.25) is 0 Å². The Morgan fingerprint density at radius 1 is 1.27 bits per heavy atom. The summed E-state index contributed by atoms with van der Waals surface area (Å²) in [4.78, 5) is 3.63. The van der Waals surface area contributed by atoms with Gasteiger partial charge in [-0.2, -0.15) is 0 Å². The average Bonchev–Trinajstić information content (AvgIpc) is 2.44. The Balaban J connectivity index is 2.72. The SMILES string of the molecule is Cc1nc2c(F)cc([B-](F)(F)F)cc2o1. The van der Waals surface area contributed by atoms with Gasteiger partial charge in [0.05, 0.1) is 0 Å². The summed E-state index contributed by atoms with van der Waals surface area (Å²) >= 11 is 0. The predicted octanol–water partition coefficient (Wildman–Crippen LogP) is 2.33. The van der Waals surface area contributed by atoms with E-state index in [0.717, 1.165) is 6.07 Å². The first kappa shape index (κ1) is 10.0. The Labute approximate surface area is 82.0 Å². The number of fused-ring (bicyclic) bond motifs is 1. The minimum Gasteiger partial charge on any atom is -0.445 e. The van der Waals surface area contributed by atoms with Crippen LogP contribution in [0.15, 0.2) is 16.5 Å². The van der Waals surface area contributed by atoms with Gasteiger partial charge in [0.15, 0.2) is 11.5 Å². The van der Waals surface area contributed by atoms with Crippen LogP contribution in [0.5, 0.6) is 0 Å². The zero-order valence-electron chi connectivity index (χ0n) is 7.60. The van der Waals surface area contributed by atoms with Gasteiger partial charge in [0.25, 0.3) is 0 Å². The summed E-state index contributed by atoms with van der Waals surface area (Å²) < 4.78 is 55.0.